The van der Waals surface area contributed by atoms with Gasteiger partial charge in [-0.15, -0.1) is 10.2 Å². The molecule has 0 aliphatic carbocycles. The summed E-state index contributed by atoms with van der Waals surface area (Å²) in [4.78, 5) is 10.2. The van der Waals surface area contributed by atoms with Crippen LogP contribution in [0.2, 0.25) is 5.02 Å². The maximum Gasteiger partial charge on any atom is 0.225 e. The SMILES string of the molecule is C[C@H](CN(C)c1ncc(Cl)cn1)c1nn[nH]n1. The first-order valence-corrected chi connectivity index (χ1v) is 5.46. The monoisotopic (exact) mass is 253 g/mol. The molecule has 2 aromatic rings. The highest BCUT2D eigenvalue weighted by atomic mass is 35.5. The van der Waals surface area contributed by atoms with Gasteiger partial charge in [0.2, 0.25) is 5.95 Å². The van der Waals surface area contributed by atoms with E-state index in [-0.39, 0.29) is 5.92 Å². The fourth-order valence-electron chi connectivity index (χ4n) is 1.45. The predicted octanol–water partition coefficient (Wildman–Crippen LogP) is 0.883. The molecule has 0 spiro atoms. The van der Waals surface area contributed by atoms with E-state index in [2.05, 4.69) is 30.6 Å². The van der Waals surface area contributed by atoms with E-state index in [4.69, 9.17) is 11.6 Å². The first-order chi connectivity index (χ1) is 8.16. The van der Waals surface area contributed by atoms with Crippen LogP contribution >= 0.6 is 11.6 Å². The second-order valence-corrected chi connectivity index (χ2v) is 4.19. The van der Waals surface area contributed by atoms with Gasteiger partial charge in [-0.3, -0.25) is 0 Å². The van der Waals surface area contributed by atoms with E-state index in [0.717, 1.165) is 0 Å². The number of nitrogens with zero attached hydrogens (tertiary/aromatic N) is 6. The fraction of sp³-hybridized carbons (Fsp3) is 0.444. The molecule has 0 saturated carbocycles. The summed E-state index contributed by atoms with van der Waals surface area (Å²) in [6.45, 7) is 2.71. The molecule has 17 heavy (non-hydrogen) atoms. The number of aromatic nitrogens is 6. The number of hydrogen-bond donors (Lipinski definition) is 1. The molecule has 0 bridgehead atoms. The van der Waals surface area contributed by atoms with Crippen LogP contribution in [0.5, 0.6) is 0 Å². The highest BCUT2D eigenvalue weighted by Gasteiger charge is 2.14. The minimum atomic E-state index is 0.137. The molecule has 0 unspecified atom stereocenters. The zero-order chi connectivity index (χ0) is 12.3. The van der Waals surface area contributed by atoms with Gasteiger partial charge in [0.1, 0.15) is 0 Å². The minimum Gasteiger partial charge on any atom is -0.343 e. The molecule has 90 valence electrons. The molecule has 0 saturated heterocycles. The minimum absolute atomic E-state index is 0.137. The van der Waals surface area contributed by atoms with E-state index in [9.17, 15) is 0 Å². The second kappa shape index (κ2) is 5.05. The van der Waals surface area contributed by atoms with Gasteiger partial charge in [-0.05, 0) is 0 Å². The number of H-pyrrole nitrogens is 1. The summed E-state index contributed by atoms with van der Waals surface area (Å²) >= 11 is 5.73. The number of rotatable bonds is 4. The molecule has 8 heteroatoms. The van der Waals surface area contributed by atoms with Crippen LogP contribution in [-0.2, 0) is 0 Å². The summed E-state index contributed by atoms with van der Waals surface area (Å²) in [5.41, 5.74) is 0. The molecule has 2 rings (SSSR count). The number of hydrogen-bond acceptors (Lipinski definition) is 6. The lowest BCUT2D eigenvalue weighted by Gasteiger charge is -2.19. The smallest absolute Gasteiger partial charge is 0.225 e. The maximum absolute atomic E-state index is 5.73. The zero-order valence-electron chi connectivity index (χ0n) is 9.50. The van der Waals surface area contributed by atoms with Crippen molar-refractivity contribution in [3.8, 4) is 0 Å². The predicted molar refractivity (Wildman–Crippen MR) is 62.9 cm³/mol. The van der Waals surface area contributed by atoms with Crippen LogP contribution in [0.1, 0.15) is 18.7 Å². The Balaban J connectivity index is 2.01. The van der Waals surface area contributed by atoms with E-state index < -0.39 is 0 Å². The highest BCUT2D eigenvalue weighted by molar-refractivity contribution is 6.30. The quantitative estimate of drug-likeness (QED) is 0.871. The summed E-state index contributed by atoms with van der Waals surface area (Å²) in [7, 11) is 1.90. The van der Waals surface area contributed by atoms with Crippen LogP contribution in [-0.4, -0.2) is 44.2 Å². The van der Waals surface area contributed by atoms with Crippen molar-refractivity contribution >= 4 is 17.5 Å². The molecule has 2 aromatic heterocycles. The van der Waals surface area contributed by atoms with Crippen LogP contribution < -0.4 is 4.90 Å². The Morgan fingerprint density at radius 2 is 2.12 bits per heavy atom. The Morgan fingerprint density at radius 1 is 1.41 bits per heavy atom. The van der Waals surface area contributed by atoms with E-state index in [1.165, 1.54) is 0 Å². The van der Waals surface area contributed by atoms with Crippen molar-refractivity contribution in [1.82, 2.24) is 30.6 Å². The molecule has 0 aliphatic heterocycles. The molecule has 1 N–H and O–H groups in total. The Labute approximate surface area is 103 Å². The van der Waals surface area contributed by atoms with Gasteiger partial charge in [0, 0.05) is 19.5 Å². The Morgan fingerprint density at radius 3 is 2.71 bits per heavy atom. The number of likely N-dealkylation sites (N-methyl/N-ethyl adjacent to an activating group) is 1. The summed E-state index contributed by atoms with van der Waals surface area (Å²) in [5, 5.41) is 14.4. The summed E-state index contributed by atoms with van der Waals surface area (Å²) < 4.78 is 0. The van der Waals surface area contributed by atoms with Gasteiger partial charge >= 0.3 is 0 Å². The number of tetrazole rings is 1. The second-order valence-electron chi connectivity index (χ2n) is 3.75. The van der Waals surface area contributed by atoms with E-state index >= 15 is 0 Å². The molecule has 0 fully saturated rings. The molecular weight excluding hydrogens is 242 g/mol. The van der Waals surface area contributed by atoms with Gasteiger partial charge in [-0.1, -0.05) is 23.7 Å². The van der Waals surface area contributed by atoms with Crippen molar-refractivity contribution < 1.29 is 0 Å². The molecular formula is C9H12ClN7. The van der Waals surface area contributed by atoms with Crippen LogP contribution in [0.25, 0.3) is 0 Å². The Hall–Kier alpha value is -1.76. The molecule has 1 atom stereocenters. The largest absolute Gasteiger partial charge is 0.343 e. The summed E-state index contributed by atoms with van der Waals surface area (Å²) in [6, 6.07) is 0. The van der Waals surface area contributed by atoms with E-state index in [0.29, 0.717) is 23.3 Å². The van der Waals surface area contributed by atoms with Crippen molar-refractivity contribution in [1.29, 1.82) is 0 Å². The number of nitrogens with one attached hydrogen (secondary N) is 1. The topological polar surface area (TPSA) is 83.5 Å². The third-order valence-corrected chi connectivity index (χ3v) is 2.49. The van der Waals surface area contributed by atoms with Gasteiger partial charge in [0.15, 0.2) is 5.82 Å². The van der Waals surface area contributed by atoms with Crippen LogP contribution in [0.4, 0.5) is 5.95 Å². The van der Waals surface area contributed by atoms with Gasteiger partial charge in [0.25, 0.3) is 0 Å². The lowest BCUT2D eigenvalue weighted by atomic mass is 10.1. The first-order valence-electron chi connectivity index (χ1n) is 5.09. The molecule has 0 aliphatic rings. The number of halogens is 1. The van der Waals surface area contributed by atoms with Gasteiger partial charge in [-0.2, -0.15) is 5.21 Å². The molecule has 0 aromatic carbocycles. The van der Waals surface area contributed by atoms with E-state index in [1.807, 2.05) is 18.9 Å². The van der Waals surface area contributed by atoms with Gasteiger partial charge in [0.05, 0.1) is 17.4 Å². The van der Waals surface area contributed by atoms with Crippen LogP contribution in [0, 0.1) is 0 Å². The number of aromatic amines is 1. The van der Waals surface area contributed by atoms with Crippen molar-refractivity contribution in [3.63, 3.8) is 0 Å². The normalized spacial score (nSPS) is 12.4. The first kappa shape index (κ1) is 11.7. The highest BCUT2D eigenvalue weighted by Crippen LogP contribution is 2.14. The molecule has 2 heterocycles. The lowest BCUT2D eigenvalue weighted by Crippen LogP contribution is -2.25. The van der Waals surface area contributed by atoms with Crippen molar-refractivity contribution in [2.45, 2.75) is 12.8 Å². The summed E-state index contributed by atoms with van der Waals surface area (Å²) in [5.74, 6) is 1.42. The average molecular weight is 254 g/mol. The third-order valence-electron chi connectivity index (χ3n) is 2.30. The summed E-state index contributed by atoms with van der Waals surface area (Å²) in [6.07, 6.45) is 3.14. The van der Waals surface area contributed by atoms with Crippen LogP contribution in [0.15, 0.2) is 12.4 Å². The van der Waals surface area contributed by atoms with Crippen molar-refractivity contribution in [2.24, 2.45) is 0 Å². The third kappa shape index (κ3) is 2.88. The average Bonchev–Trinajstić information content (AvgIpc) is 2.83. The molecule has 0 radical (unpaired) electrons. The molecule has 0 amide bonds. The fourth-order valence-corrected chi connectivity index (χ4v) is 1.55. The zero-order valence-corrected chi connectivity index (χ0v) is 10.3. The maximum atomic E-state index is 5.73. The van der Waals surface area contributed by atoms with E-state index in [1.54, 1.807) is 12.4 Å². The lowest BCUT2D eigenvalue weighted by molar-refractivity contribution is 0.676. The standard InChI is InChI=1S/C9H12ClN7/c1-6(8-13-15-16-14-8)5-17(2)9-11-3-7(10)4-12-9/h3-4,6H,5H2,1-2H3,(H,13,14,15,16)/t6-/m1/s1. The van der Waals surface area contributed by atoms with Gasteiger partial charge in [-0.25, -0.2) is 9.97 Å². The molecule has 7 nitrogen and oxygen atoms in total. The Bertz CT molecular complexity index is 455. The van der Waals surface area contributed by atoms with Crippen LogP contribution in [0.3, 0.4) is 0 Å². The Kier molecular flexibility index (Phi) is 3.48. The number of anilines is 1. The van der Waals surface area contributed by atoms with Crippen molar-refractivity contribution in [3.05, 3.63) is 23.2 Å². The van der Waals surface area contributed by atoms with Gasteiger partial charge < -0.3 is 4.90 Å². The van der Waals surface area contributed by atoms with Crippen molar-refractivity contribution in [2.75, 3.05) is 18.5 Å².